The Hall–Kier alpha value is 0.350. The minimum atomic E-state index is -3.05. The van der Waals surface area contributed by atoms with Crippen LogP contribution < -0.4 is 0 Å². The zero-order valence-electron chi connectivity index (χ0n) is 10.7. The van der Waals surface area contributed by atoms with Crippen molar-refractivity contribution < 1.29 is 8.42 Å². The van der Waals surface area contributed by atoms with Crippen molar-refractivity contribution in [2.24, 2.45) is 5.92 Å². The smallest absolute Gasteiger partial charge is 0.224 e. The third-order valence-electron chi connectivity index (χ3n) is 3.52. The first-order chi connectivity index (χ1) is 8.03. The molecule has 1 fully saturated rings. The molecule has 1 aliphatic heterocycles. The lowest BCUT2D eigenvalue weighted by atomic mass is 9.97. The van der Waals surface area contributed by atoms with E-state index in [1.807, 2.05) is 0 Å². The molecule has 1 saturated heterocycles. The molecule has 0 bridgehead atoms. The molecule has 0 aliphatic carbocycles. The summed E-state index contributed by atoms with van der Waals surface area (Å²) < 4.78 is 25.0. The fourth-order valence-corrected chi connectivity index (χ4v) is 4.06. The van der Waals surface area contributed by atoms with Crippen molar-refractivity contribution in [1.29, 1.82) is 0 Å². The van der Waals surface area contributed by atoms with Crippen LogP contribution in [0.4, 0.5) is 0 Å². The van der Waals surface area contributed by atoms with E-state index >= 15 is 0 Å². The van der Waals surface area contributed by atoms with Gasteiger partial charge in [0, 0.05) is 19.6 Å². The second-order valence-corrected chi connectivity index (χ2v) is 7.82. The van der Waals surface area contributed by atoms with Crippen molar-refractivity contribution in [3.63, 3.8) is 0 Å². The molecular weight excluding hydrogens is 304 g/mol. The molecule has 0 atom stereocenters. The zero-order chi connectivity index (χ0) is 12.9. The molecule has 1 aliphatic rings. The molecule has 6 heteroatoms. The van der Waals surface area contributed by atoms with Crippen LogP contribution in [0.15, 0.2) is 0 Å². The largest absolute Gasteiger partial charge is 0.304 e. The molecule has 0 aromatic carbocycles. The second kappa shape index (κ2) is 7.07. The van der Waals surface area contributed by atoms with Crippen molar-refractivity contribution in [2.75, 3.05) is 37.4 Å². The van der Waals surface area contributed by atoms with E-state index in [0.29, 0.717) is 19.0 Å². The molecular formula is C11H23BrN2O2S. The highest BCUT2D eigenvalue weighted by atomic mass is 79.9. The number of hydrogen-bond donors (Lipinski definition) is 0. The van der Waals surface area contributed by atoms with Crippen LogP contribution in [0.1, 0.15) is 26.7 Å². The maximum atomic E-state index is 11.7. The quantitative estimate of drug-likeness (QED) is 0.698. The molecule has 4 nitrogen and oxygen atoms in total. The van der Waals surface area contributed by atoms with Gasteiger partial charge in [0.1, 0.15) is 4.66 Å². The number of nitrogens with zero attached hydrogens (tertiary/aromatic N) is 2. The Bertz CT molecular complexity index is 309. The molecule has 0 radical (unpaired) electrons. The Kier molecular flexibility index (Phi) is 6.40. The summed E-state index contributed by atoms with van der Waals surface area (Å²) in [4.78, 5) is 2.42. The SMILES string of the molecule is CCN(CC)CC1CCN(S(=O)(=O)CBr)CC1. The first kappa shape index (κ1) is 15.4. The second-order valence-electron chi connectivity index (χ2n) is 4.55. The van der Waals surface area contributed by atoms with Gasteiger partial charge in [-0.15, -0.1) is 0 Å². The fraction of sp³-hybridized carbons (Fsp3) is 1.00. The first-order valence-corrected chi connectivity index (χ1v) is 9.02. The summed E-state index contributed by atoms with van der Waals surface area (Å²) in [6, 6.07) is 0. The predicted octanol–water partition coefficient (Wildman–Crippen LogP) is 1.72. The average molecular weight is 327 g/mol. The van der Waals surface area contributed by atoms with Gasteiger partial charge in [-0.2, -0.15) is 0 Å². The van der Waals surface area contributed by atoms with E-state index < -0.39 is 10.0 Å². The van der Waals surface area contributed by atoms with Crippen LogP contribution >= 0.6 is 15.9 Å². The van der Waals surface area contributed by atoms with Crippen LogP contribution in [0.25, 0.3) is 0 Å². The van der Waals surface area contributed by atoms with E-state index in [1.165, 1.54) is 0 Å². The lowest BCUT2D eigenvalue weighted by Crippen LogP contribution is -2.41. The van der Waals surface area contributed by atoms with Crippen molar-refractivity contribution in [3.05, 3.63) is 0 Å². The van der Waals surface area contributed by atoms with E-state index in [1.54, 1.807) is 4.31 Å². The van der Waals surface area contributed by atoms with Crippen LogP contribution in [-0.2, 0) is 10.0 Å². The molecule has 102 valence electrons. The maximum absolute atomic E-state index is 11.7. The van der Waals surface area contributed by atoms with Crippen LogP contribution in [0, 0.1) is 5.92 Å². The minimum Gasteiger partial charge on any atom is -0.304 e. The van der Waals surface area contributed by atoms with E-state index in [4.69, 9.17) is 0 Å². The lowest BCUT2D eigenvalue weighted by Gasteiger charge is -2.33. The van der Waals surface area contributed by atoms with Crippen LogP contribution in [0.5, 0.6) is 0 Å². The van der Waals surface area contributed by atoms with E-state index in [9.17, 15) is 8.42 Å². The van der Waals surface area contributed by atoms with Gasteiger partial charge in [-0.25, -0.2) is 12.7 Å². The molecule has 0 unspecified atom stereocenters. The number of hydrogen-bond acceptors (Lipinski definition) is 3. The van der Waals surface area contributed by atoms with Crippen molar-refractivity contribution >= 4 is 26.0 Å². The highest BCUT2D eigenvalue weighted by molar-refractivity contribution is 9.10. The summed E-state index contributed by atoms with van der Waals surface area (Å²) in [6.07, 6.45) is 1.98. The Morgan fingerprint density at radius 1 is 1.24 bits per heavy atom. The Morgan fingerprint density at radius 2 is 1.76 bits per heavy atom. The van der Waals surface area contributed by atoms with E-state index in [-0.39, 0.29) is 4.66 Å². The number of piperidine rings is 1. The highest BCUT2D eigenvalue weighted by Gasteiger charge is 2.27. The molecule has 0 aromatic rings. The molecule has 0 saturated carbocycles. The molecule has 17 heavy (non-hydrogen) atoms. The number of alkyl halides is 1. The molecule has 0 N–H and O–H groups in total. The number of halogens is 1. The van der Waals surface area contributed by atoms with Gasteiger partial charge in [0.25, 0.3) is 0 Å². The van der Waals surface area contributed by atoms with E-state index in [2.05, 4.69) is 34.7 Å². The topological polar surface area (TPSA) is 40.6 Å². The van der Waals surface area contributed by atoms with Crippen molar-refractivity contribution in [2.45, 2.75) is 26.7 Å². The Balaban J connectivity index is 2.41. The summed E-state index contributed by atoms with van der Waals surface area (Å²) >= 11 is 3.05. The highest BCUT2D eigenvalue weighted by Crippen LogP contribution is 2.21. The molecule has 0 spiro atoms. The van der Waals surface area contributed by atoms with Crippen LogP contribution in [0.2, 0.25) is 0 Å². The predicted molar refractivity (Wildman–Crippen MR) is 74.8 cm³/mol. The summed E-state index contributed by atoms with van der Waals surface area (Å²) in [5, 5.41) is 0. The first-order valence-electron chi connectivity index (χ1n) is 6.29. The molecule has 0 aromatic heterocycles. The monoisotopic (exact) mass is 326 g/mol. The van der Waals surface area contributed by atoms with Crippen molar-refractivity contribution in [1.82, 2.24) is 9.21 Å². The van der Waals surface area contributed by atoms with Gasteiger partial charge in [0.2, 0.25) is 10.0 Å². The average Bonchev–Trinajstić information content (AvgIpc) is 2.36. The van der Waals surface area contributed by atoms with Gasteiger partial charge in [0.05, 0.1) is 0 Å². The van der Waals surface area contributed by atoms with Crippen molar-refractivity contribution in [3.8, 4) is 0 Å². The Labute approximate surface area is 114 Å². The van der Waals surface area contributed by atoms with Gasteiger partial charge < -0.3 is 4.90 Å². The van der Waals surface area contributed by atoms with Gasteiger partial charge in [0.15, 0.2) is 0 Å². The lowest BCUT2D eigenvalue weighted by molar-refractivity contribution is 0.194. The van der Waals surface area contributed by atoms with Crippen LogP contribution in [0.3, 0.4) is 0 Å². The molecule has 0 amide bonds. The van der Waals surface area contributed by atoms with Crippen LogP contribution in [-0.4, -0.2) is 55.0 Å². The van der Waals surface area contributed by atoms with Gasteiger partial charge >= 0.3 is 0 Å². The summed E-state index contributed by atoms with van der Waals surface area (Å²) in [5.41, 5.74) is 0. The standard InChI is InChI=1S/C11H23BrN2O2S/c1-3-13(4-2)9-11-5-7-14(8-6-11)17(15,16)10-12/h11H,3-10H2,1-2H3. The normalized spacial score (nSPS) is 20.0. The van der Waals surface area contributed by atoms with Gasteiger partial charge in [-0.3, -0.25) is 0 Å². The summed E-state index contributed by atoms with van der Waals surface area (Å²) in [5.74, 6) is 0.650. The fourth-order valence-electron chi connectivity index (χ4n) is 2.29. The maximum Gasteiger partial charge on any atom is 0.224 e. The number of sulfonamides is 1. The Morgan fingerprint density at radius 3 is 2.18 bits per heavy atom. The minimum absolute atomic E-state index is 0.0424. The summed E-state index contributed by atoms with van der Waals surface area (Å²) in [7, 11) is -3.05. The van der Waals surface area contributed by atoms with Gasteiger partial charge in [-0.05, 0) is 31.8 Å². The summed E-state index contributed by atoms with van der Waals surface area (Å²) in [6.45, 7) is 8.98. The molecule has 1 heterocycles. The molecule has 1 rings (SSSR count). The van der Waals surface area contributed by atoms with E-state index in [0.717, 1.165) is 32.5 Å². The van der Waals surface area contributed by atoms with Gasteiger partial charge in [-0.1, -0.05) is 29.8 Å². The third-order valence-corrected chi connectivity index (χ3v) is 6.68. The third kappa shape index (κ3) is 4.50. The zero-order valence-corrected chi connectivity index (χ0v) is 13.1. The number of rotatable bonds is 6.